The number of halogens is 1. The highest BCUT2D eigenvalue weighted by molar-refractivity contribution is 6.58. The van der Waals surface area contributed by atoms with Crippen molar-refractivity contribution in [2.24, 2.45) is 0 Å². The average molecular weight is 199 g/mol. The Hall–Kier alpha value is -1.47. The second kappa shape index (κ2) is 4.16. The highest BCUT2D eigenvalue weighted by Crippen LogP contribution is 1.98. The molecule has 14 heavy (non-hydrogen) atoms. The first-order valence-corrected chi connectivity index (χ1v) is 3.66. The minimum Gasteiger partial charge on any atom is -0.464 e. The standard InChI is InChI=1S/C7H7BFNO4/c1-14-7(11)6-2-4(8(12)13)5(9)3-10-6/h2-3,12-13H,1H3. The summed E-state index contributed by atoms with van der Waals surface area (Å²) in [6.45, 7) is 0. The van der Waals surface area contributed by atoms with Gasteiger partial charge < -0.3 is 14.8 Å². The van der Waals surface area contributed by atoms with Gasteiger partial charge in [0, 0.05) is 5.46 Å². The van der Waals surface area contributed by atoms with Crippen LogP contribution in [0.5, 0.6) is 0 Å². The molecule has 74 valence electrons. The second-order valence-electron chi connectivity index (χ2n) is 2.46. The molecule has 0 saturated carbocycles. The van der Waals surface area contributed by atoms with Crippen molar-refractivity contribution in [2.75, 3.05) is 7.11 Å². The molecule has 0 atom stereocenters. The summed E-state index contributed by atoms with van der Waals surface area (Å²) in [6, 6.07) is 0.922. The van der Waals surface area contributed by atoms with Crippen LogP contribution in [0.3, 0.4) is 0 Å². The molecule has 1 heterocycles. The lowest BCUT2D eigenvalue weighted by atomic mass is 9.80. The van der Waals surface area contributed by atoms with Crippen LogP contribution in [0.15, 0.2) is 12.3 Å². The van der Waals surface area contributed by atoms with Gasteiger partial charge in [0.1, 0.15) is 11.5 Å². The molecule has 0 amide bonds. The van der Waals surface area contributed by atoms with Crippen LogP contribution in [-0.2, 0) is 4.74 Å². The maximum atomic E-state index is 12.9. The van der Waals surface area contributed by atoms with Gasteiger partial charge in [0.25, 0.3) is 0 Å². The van der Waals surface area contributed by atoms with Gasteiger partial charge in [-0.1, -0.05) is 0 Å². The van der Waals surface area contributed by atoms with E-state index in [9.17, 15) is 9.18 Å². The molecule has 1 aromatic rings. The fourth-order valence-electron chi connectivity index (χ4n) is 0.868. The number of carbonyl (C=O) groups is 1. The van der Waals surface area contributed by atoms with Crippen molar-refractivity contribution in [2.45, 2.75) is 0 Å². The van der Waals surface area contributed by atoms with Gasteiger partial charge in [-0.05, 0) is 6.07 Å². The molecule has 1 aromatic heterocycles. The van der Waals surface area contributed by atoms with Gasteiger partial charge in [0.05, 0.1) is 13.3 Å². The number of pyridine rings is 1. The Morgan fingerprint density at radius 1 is 1.64 bits per heavy atom. The lowest BCUT2D eigenvalue weighted by Gasteiger charge is -2.03. The number of esters is 1. The van der Waals surface area contributed by atoms with Crippen LogP contribution in [0.4, 0.5) is 4.39 Å². The Bertz CT molecular complexity index is 358. The van der Waals surface area contributed by atoms with Crippen LogP contribution < -0.4 is 5.46 Å². The van der Waals surface area contributed by atoms with Gasteiger partial charge in [-0.3, -0.25) is 0 Å². The van der Waals surface area contributed by atoms with E-state index in [0.29, 0.717) is 0 Å². The van der Waals surface area contributed by atoms with E-state index in [1.807, 2.05) is 0 Å². The van der Waals surface area contributed by atoms with Gasteiger partial charge in [-0.25, -0.2) is 14.2 Å². The molecule has 0 aliphatic heterocycles. The molecular formula is C7H7BFNO4. The van der Waals surface area contributed by atoms with Gasteiger partial charge >= 0.3 is 13.1 Å². The van der Waals surface area contributed by atoms with E-state index in [1.54, 1.807) is 0 Å². The Labute approximate surface area is 79.3 Å². The lowest BCUT2D eigenvalue weighted by molar-refractivity contribution is 0.0594. The molecule has 0 saturated heterocycles. The largest absolute Gasteiger partial charge is 0.491 e. The van der Waals surface area contributed by atoms with E-state index in [-0.39, 0.29) is 5.69 Å². The zero-order valence-corrected chi connectivity index (χ0v) is 7.27. The maximum Gasteiger partial charge on any atom is 0.491 e. The van der Waals surface area contributed by atoms with Crippen LogP contribution in [0.25, 0.3) is 0 Å². The van der Waals surface area contributed by atoms with Crippen molar-refractivity contribution >= 4 is 18.6 Å². The molecule has 1 rings (SSSR count). The fraction of sp³-hybridized carbons (Fsp3) is 0.143. The van der Waals surface area contributed by atoms with E-state index in [2.05, 4.69) is 9.72 Å². The smallest absolute Gasteiger partial charge is 0.464 e. The SMILES string of the molecule is COC(=O)c1cc(B(O)O)c(F)cn1. The summed E-state index contributed by atoms with van der Waals surface area (Å²) in [7, 11) is -0.844. The van der Waals surface area contributed by atoms with E-state index >= 15 is 0 Å². The number of hydrogen-bond donors (Lipinski definition) is 2. The molecule has 0 bridgehead atoms. The summed E-state index contributed by atoms with van der Waals surface area (Å²) in [5, 5.41) is 17.4. The van der Waals surface area contributed by atoms with Gasteiger partial charge in [-0.15, -0.1) is 0 Å². The first kappa shape index (κ1) is 10.6. The molecule has 0 aliphatic rings. The van der Waals surface area contributed by atoms with Crippen molar-refractivity contribution in [3.05, 3.63) is 23.8 Å². The molecule has 0 unspecified atom stereocenters. The molecule has 0 aliphatic carbocycles. The van der Waals surface area contributed by atoms with Crippen molar-refractivity contribution in [1.82, 2.24) is 4.98 Å². The summed E-state index contributed by atoms with van der Waals surface area (Å²) in [4.78, 5) is 14.3. The van der Waals surface area contributed by atoms with Gasteiger partial charge in [0.15, 0.2) is 0 Å². The van der Waals surface area contributed by atoms with Crippen molar-refractivity contribution in [1.29, 1.82) is 0 Å². The first-order valence-electron chi connectivity index (χ1n) is 3.66. The number of aromatic nitrogens is 1. The van der Waals surface area contributed by atoms with Crippen molar-refractivity contribution < 1.29 is 24.0 Å². The molecule has 0 fully saturated rings. The topological polar surface area (TPSA) is 79.7 Å². The number of carbonyl (C=O) groups excluding carboxylic acids is 1. The van der Waals surface area contributed by atoms with Crippen molar-refractivity contribution in [3.8, 4) is 0 Å². The first-order chi connectivity index (χ1) is 6.56. The average Bonchev–Trinajstić information content (AvgIpc) is 2.17. The van der Waals surface area contributed by atoms with Crippen molar-refractivity contribution in [3.63, 3.8) is 0 Å². The Balaban J connectivity index is 3.13. The van der Waals surface area contributed by atoms with Crippen LogP contribution in [-0.4, -0.2) is 35.2 Å². The Morgan fingerprint density at radius 2 is 2.29 bits per heavy atom. The number of hydrogen-bond acceptors (Lipinski definition) is 5. The molecule has 0 aromatic carbocycles. The van der Waals surface area contributed by atoms with E-state index in [4.69, 9.17) is 10.0 Å². The summed E-state index contributed by atoms with van der Waals surface area (Å²) >= 11 is 0. The Kier molecular flexibility index (Phi) is 3.16. The van der Waals surface area contributed by atoms with Crippen LogP contribution in [0.1, 0.15) is 10.5 Å². The molecule has 5 nitrogen and oxygen atoms in total. The lowest BCUT2D eigenvalue weighted by Crippen LogP contribution is -2.34. The van der Waals surface area contributed by atoms with Crippen LogP contribution in [0, 0.1) is 5.82 Å². The third-order valence-corrected chi connectivity index (χ3v) is 1.56. The molecule has 0 radical (unpaired) electrons. The number of methoxy groups -OCH3 is 1. The number of nitrogens with zero attached hydrogens (tertiary/aromatic N) is 1. The van der Waals surface area contributed by atoms with E-state index < -0.39 is 24.4 Å². The van der Waals surface area contributed by atoms with Crippen LogP contribution >= 0.6 is 0 Å². The third-order valence-electron chi connectivity index (χ3n) is 1.56. The maximum absolute atomic E-state index is 12.9. The number of rotatable bonds is 2. The normalized spacial score (nSPS) is 9.71. The minimum absolute atomic E-state index is 0.183. The summed E-state index contributed by atoms with van der Waals surface area (Å²) in [6.07, 6.45) is 0.723. The second-order valence-corrected chi connectivity index (χ2v) is 2.46. The molecule has 7 heteroatoms. The molecular weight excluding hydrogens is 192 g/mol. The zero-order chi connectivity index (χ0) is 10.7. The predicted molar refractivity (Wildman–Crippen MR) is 45.4 cm³/mol. The quantitative estimate of drug-likeness (QED) is 0.456. The van der Waals surface area contributed by atoms with E-state index in [0.717, 1.165) is 19.4 Å². The summed E-state index contributed by atoms with van der Waals surface area (Å²) < 4.78 is 17.2. The number of ether oxygens (including phenoxy) is 1. The highest BCUT2D eigenvalue weighted by atomic mass is 19.1. The monoisotopic (exact) mass is 199 g/mol. The van der Waals surface area contributed by atoms with E-state index in [1.165, 1.54) is 0 Å². The fourth-order valence-corrected chi connectivity index (χ4v) is 0.868. The van der Waals surface area contributed by atoms with Gasteiger partial charge in [0.2, 0.25) is 0 Å². The predicted octanol–water partition coefficient (Wildman–Crippen LogP) is -1.31. The summed E-state index contributed by atoms with van der Waals surface area (Å²) in [5.41, 5.74) is -0.600. The zero-order valence-electron chi connectivity index (χ0n) is 7.27. The molecule has 2 N–H and O–H groups in total. The molecule has 0 spiro atoms. The Morgan fingerprint density at radius 3 is 2.79 bits per heavy atom. The third kappa shape index (κ3) is 2.07. The summed E-state index contributed by atoms with van der Waals surface area (Å²) in [5.74, 6) is -1.67. The van der Waals surface area contributed by atoms with Gasteiger partial charge in [-0.2, -0.15) is 0 Å². The highest BCUT2D eigenvalue weighted by Gasteiger charge is 2.19. The minimum atomic E-state index is -1.98. The van der Waals surface area contributed by atoms with Crippen LogP contribution in [0.2, 0.25) is 0 Å².